The van der Waals surface area contributed by atoms with Crippen molar-refractivity contribution in [3.8, 4) is 0 Å². The van der Waals surface area contributed by atoms with Crippen molar-refractivity contribution in [3.05, 3.63) is 60.4 Å². The van der Waals surface area contributed by atoms with Gasteiger partial charge >= 0.3 is 0 Å². The standard InChI is InChI=1S/C21H22N8O2/c30-20(16-12-25-28-9-1-7-22-18(16)28)24-11-14-3-5-15(6-4-14)27-21(31)17-13-26-29-10-2-8-23-19(17)29/h1-2,7-10,12-15H,3-6,11H2,(H,24,30)(H,27,31). The van der Waals surface area contributed by atoms with Crippen molar-refractivity contribution in [1.29, 1.82) is 0 Å². The van der Waals surface area contributed by atoms with Crippen LogP contribution >= 0.6 is 0 Å². The second-order valence-electron chi connectivity index (χ2n) is 7.79. The van der Waals surface area contributed by atoms with Gasteiger partial charge in [-0.1, -0.05) is 0 Å². The maximum atomic E-state index is 12.6. The number of fused-ring (bicyclic) bond motifs is 2. The number of nitrogens with zero attached hydrogens (tertiary/aromatic N) is 6. The summed E-state index contributed by atoms with van der Waals surface area (Å²) in [6.45, 7) is 0.599. The SMILES string of the molecule is O=C(NCC1CCC(NC(=O)c2cnn3cccnc23)CC1)c1cnn2cccnc12. The van der Waals surface area contributed by atoms with Crippen molar-refractivity contribution in [2.75, 3.05) is 6.54 Å². The summed E-state index contributed by atoms with van der Waals surface area (Å²) in [5, 5.41) is 14.4. The first-order valence-electron chi connectivity index (χ1n) is 10.3. The van der Waals surface area contributed by atoms with Gasteiger partial charge in [0.2, 0.25) is 0 Å². The highest BCUT2D eigenvalue weighted by Gasteiger charge is 2.25. The Balaban J connectivity index is 1.12. The van der Waals surface area contributed by atoms with Crippen LogP contribution in [0, 0.1) is 5.92 Å². The second kappa shape index (κ2) is 8.13. The molecule has 0 saturated heterocycles. The lowest BCUT2D eigenvalue weighted by atomic mass is 9.86. The van der Waals surface area contributed by atoms with E-state index < -0.39 is 0 Å². The molecule has 0 aromatic carbocycles. The molecule has 0 bridgehead atoms. The third-order valence-electron chi connectivity index (χ3n) is 5.78. The van der Waals surface area contributed by atoms with Gasteiger partial charge in [-0.15, -0.1) is 0 Å². The molecule has 1 fully saturated rings. The maximum Gasteiger partial charge on any atom is 0.256 e. The molecule has 0 radical (unpaired) electrons. The number of amides is 2. The number of carbonyl (C=O) groups excluding carboxylic acids is 2. The summed E-state index contributed by atoms with van der Waals surface area (Å²) >= 11 is 0. The zero-order chi connectivity index (χ0) is 21.2. The lowest BCUT2D eigenvalue weighted by molar-refractivity contribution is 0.0921. The van der Waals surface area contributed by atoms with Crippen LogP contribution in [0.1, 0.15) is 46.4 Å². The van der Waals surface area contributed by atoms with Crippen LogP contribution < -0.4 is 10.6 Å². The topological polar surface area (TPSA) is 119 Å². The van der Waals surface area contributed by atoms with E-state index in [4.69, 9.17) is 0 Å². The van der Waals surface area contributed by atoms with E-state index in [1.54, 1.807) is 58.3 Å². The van der Waals surface area contributed by atoms with Gasteiger partial charge < -0.3 is 10.6 Å². The molecule has 2 amide bonds. The Bertz CT molecular complexity index is 1240. The molecule has 158 valence electrons. The zero-order valence-electron chi connectivity index (χ0n) is 16.8. The van der Waals surface area contributed by atoms with Gasteiger partial charge in [0, 0.05) is 37.4 Å². The van der Waals surface area contributed by atoms with Gasteiger partial charge in [0.15, 0.2) is 11.3 Å². The number of hydrogen-bond donors (Lipinski definition) is 2. The minimum atomic E-state index is -0.162. The van der Waals surface area contributed by atoms with Gasteiger partial charge in [-0.3, -0.25) is 9.59 Å². The van der Waals surface area contributed by atoms with Crippen LogP contribution in [-0.4, -0.2) is 53.6 Å². The number of hydrogen-bond acceptors (Lipinski definition) is 6. The Morgan fingerprint density at radius 3 is 2.06 bits per heavy atom. The number of nitrogens with one attached hydrogen (secondary N) is 2. The van der Waals surface area contributed by atoms with Gasteiger partial charge in [0.25, 0.3) is 11.8 Å². The normalized spacial score (nSPS) is 18.8. The minimum absolute atomic E-state index is 0.113. The van der Waals surface area contributed by atoms with Crippen LogP contribution in [0.3, 0.4) is 0 Å². The molecule has 4 heterocycles. The quantitative estimate of drug-likeness (QED) is 0.507. The highest BCUT2D eigenvalue weighted by molar-refractivity contribution is 6.00. The minimum Gasteiger partial charge on any atom is -0.352 e. The van der Waals surface area contributed by atoms with Crippen molar-refractivity contribution in [1.82, 2.24) is 39.8 Å². The monoisotopic (exact) mass is 418 g/mol. The molecule has 1 aliphatic carbocycles. The van der Waals surface area contributed by atoms with E-state index in [9.17, 15) is 9.59 Å². The summed E-state index contributed by atoms with van der Waals surface area (Å²) in [6.07, 6.45) is 13.5. The van der Waals surface area contributed by atoms with E-state index in [-0.39, 0.29) is 17.9 Å². The lowest BCUT2D eigenvalue weighted by Crippen LogP contribution is -2.39. The highest BCUT2D eigenvalue weighted by Crippen LogP contribution is 2.24. The van der Waals surface area contributed by atoms with Crippen LogP contribution in [0.15, 0.2) is 49.3 Å². The van der Waals surface area contributed by atoms with Crippen molar-refractivity contribution in [2.24, 2.45) is 5.92 Å². The van der Waals surface area contributed by atoms with Crippen LogP contribution in [0.4, 0.5) is 0 Å². The van der Waals surface area contributed by atoms with Crippen LogP contribution in [0.5, 0.6) is 0 Å². The molecule has 0 aliphatic heterocycles. The fourth-order valence-corrected chi connectivity index (χ4v) is 4.08. The largest absolute Gasteiger partial charge is 0.352 e. The first kappa shape index (κ1) is 19.2. The summed E-state index contributed by atoms with van der Waals surface area (Å²) in [5.41, 5.74) is 2.06. The smallest absolute Gasteiger partial charge is 0.256 e. The molecule has 10 heteroatoms. The lowest BCUT2D eigenvalue weighted by Gasteiger charge is -2.29. The molecule has 10 nitrogen and oxygen atoms in total. The Morgan fingerprint density at radius 1 is 0.871 bits per heavy atom. The van der Waals surface area contributed by atoms with Crippen LogP contribution in [0.25, 0.3) is 11.3 Å². The molecule has 0 spiro atoms. The van der Waals surface area contributed by atoms with E-state index in [2.05, 4.69) is 30.8 Å². The molecule has 1 aliphatic rings. The molecular formula is C21H22N8O2. The van der Waals surface area contributed by atoms with Crippen molar-refractivity contribution in [2.45, 2.75) is 31.7 Å². The summed E-state index contributed by atoms with van der Waals surface area (Å²) in [7, 11) is 0. The van der Waals surface area contributed by atoms with Gasteiger partial charge in [-0.2, -0.15) is 10.2 Å². The Labute approximate surface area is 177 Å². The van der Waals surface area contributed by atoms with Gasteiger partial charge in [0.1, 0.15) is 11.1 Å². The third-order valence-corrected chi connectivity index (χ3v) is 5.78. The molecule has 2 N–H and O–H groups in total. The Morgan fingerprint density at radius 2 is 1.45 bits per heavy atom. The number of carbonyl (C=O) groups is 2. The van der Waals surface area contributed by atoms with Gasteiger partial charge in [-0.05, 0) is 43.7 Å². The molecule has 0 atom stereocenters. The molecular weight excluding hydrogens is 396 g/mol. The average molecular weight is 418 g/mol. The average Bonchev–Trinajstić information content (AvgIpc) is 3.43. The molecule has 5 rings (SSSR count). The fourth-order valence-electron chi connectivity index (χ4n) is 4.08. The second-order valence-corrected chi connectivity index (χ2v) is 7.79. The molecule has 0 unspecified atom stereocenters. The predicted octanol–water partition coefficient (Wildman–Crippen LogP) is 1.49. The fraction of sp³-hybridized carbons (Fsp3) is 0.333. The Hall–Kier alpha value is -3.82. The molecule has 1 saturated carbocycles. The van der Waals surface area contributed by atoms with E-state index >= 15 is 0 Å². The Kier molecular flexibility index (Phi) is 5.03. The van der Waals surface area contributed by atoms with E-state index in [0.717, 1.165) is 25.7 Å². The van der Waals surface area contributed by atoms with Crippen molar-refractivity contribution >= 4 is 23.1 Å². The van der Waals surface area contributed by atoms with Gasteiger partial charge in [-0.25, -0.2) is 19.0 Å². The van der Waals surface area contributed by atoms with E-state index in [1.165, 1.54) is 0 Å². The van der Waals surface area contributed by atoms with Crippen LogP contribution in [0.2, 0.25) is 0 Å². The van der Waals surface area contributed by atoms with Crippen LogP contribution in [-0.2, 0) is 0 Å². The van der Waals surface area contributed by atoms with Crippen molar-refractivity contribution in [3.63, 3.8) is 0 Å². The highest BCUT2D eigenvalue weighted by atomic mass is 16.2. The van der Waals surface area contributed by atoms with E-state index in [0.29, 0.717) is 34.9 Å². The third kappa shape index (κ3) is 3.83. The predicted molar refractivity (Wildman–Crippen MR) is 112 cm³/mol. The van der Waals surface area contributed by atoms with Gasteiger partial charge in [0.05, 0.1) is 12.4 Å². The molecule has 31 heavy (non-hydrogen) atoms. The first-order valence-corrected chi connectivity index (χ1v) is 10.3. The number of aromatic nitrogens is 6. The number of rotatable bonds is 5. The summed E-state index contributed by atoms with van der Waals surface area (Å²) in [5.74, 6) is 0.0706. The molecule has 4 aromatic heterocycles. The van der Waals surface area contributed by atoms with E-state index in [1.807, 2.05) is 0 Å². The summed E-state index contributed by atoms with van der Waals surface area (Å²) < 4.78 is 3.18. The molecule has 4 aromatic rings. The summed E-state index contributed by atoms with van der Waals surface area (Å²) in [6, 6.07) is 3.65. The first-order chi connectivity index (χ1) is 15.2. The zero-order valence-corrected chi connectivity index (χ0v) is 16.8. The summed E-state index contributed by atoms with van der Waals surface area (Å²) in [4.78, 5) is 33.6. The van der Waals surface area contributed by atoms with Crippen molar-refractivity contribution < 1.29 is 9.59 Å². The maximum absolute atomic E-state index is 12.6.